The third-order valence-electron chi connectivity index (χ3n) is 3.82. The minimum absolute atomic E-state index is 0.250. The van der Waals surface area contributed by atoms with Gasteiger partial charge in [0.15, 0.2) is 11.5 Å². The molecule has 0 aliphatic heterocycles. The molecule has 0 aliphatic rings. The van der Waals surface area contributed by atoms with Crippen molar-refractivity contribution < 1.29 is 9.47 Å². The van der Waals surface area contributed by atoms with Crippen LogP contribution in [0.1, 0.15) is 16.8 Å². The van der Waals surface area contributed by atoms with E-state index in [-0.39, 0.29) is 11.5 Å². The number of hydrogen-bond donors (Lipinski definition) is 2. The highest BCUT2D eigenvalue weighted by molar-refractivity contribution is 6.42. The van der Waals surface area contributed by atoms with Gasteiger partial charge in [-0.3, -0.25) is 9.78 Å². The van der Waals surface area contributed by atoms with Crippen molar-refractivity contribution in [2.45, 2.75) is 13.5 Å². The highest BCUT2D eigenvalue weighted by Gasteiger charge is 2.07. The topological polar surface area (TPSA) is 88.6 Å². The van der Waals surface area contributed by atoms with Crippen molar-refractivity contribution in [3.63, 3.8) is 0 Å². The molecule has 0 unspecified atom stereocenters. The summed E-state index contributed by atoms with van der Waals surface area (Å²) in [4.78, 5) is 18.1. The van der Waals surface area contributed by atoms with Gasteiger partial charge in [-0.2, -0.15) is 5.10 Å². The Bertz CT molecular complexity index is 1100. The lowest BCUT2D eigenvalue weighted by Gasteiger charge is -2.11. The predicted octanol–water partition coefficient (Wildman–Crippen LogP) is 4.42. The quantitative estimate of drug-likeness (QED) is 0.426. The van der Waals surface area contributed by atoms with Gasteiger partial charge < -0.3 is 9.47 Å². The zero-order valence-corrected chi connectivity index (χ0v) is 17.2. The van der Waals surface area contributed by atoms with Crippen molar-refractivity contribution in [1.29, 1.82) is 0 Å². The Kier molecular flexibility index (Phi) is 6.74. The fourth-order valence-corrected chi connectivity index (χ4v) is 2.79. The fourth-order valence-electron chi connectivity index (χ4n) is 2.47. The van der Waals surface area contributed by atoms with Crippen LogP contribution in [0.2, 0.25) is 10.0 Å². The summed E-state index contributed by atoms with van der Waals surface area (Å²) >= 11 is 12.0. The average molecular weight is 433 g/mol. The predicted molar refractivity (Wildman–Crippen MR) is 115 cm³/mol. The maximum absolute atomic E-state index is 11.4. The van der Waals surface area contributed by atoms with Crippen molar-refractivity contribution in [2.75, 3.05) is 12.5 Å². The first-order valence-electron chi connectivity index (χ1n) is 8.56. The van der Waals surface area contributed by atoms with Gasteiger partial charge in [-0.15, -0.1) is 0 Å². The molecule has 9 heteroatoms. The Morgan fingerprint density at radius 1 is 1.14 bits per heavy atom. The van der Waals surface area contributed by atoms with Gasteiger partial charge in [0.2, 0.25) is 5.95 Å². The minimum Gasteiger partial charge on any atom is -0.493 e. The molecule has 3 rings (SSSR count). The second-order valence-corrected chi connectivity index (χ2v) is 6.87. The number of methoxy groups -OCH3 is 1. The highest BCUT2D eigenvalue weighted by Crippen LogP contribution is 2.29. The molecule has 0 saturated carbocycles. The van der Waals surface area contributed by atoms with E-state index in [2.05, 4.69) is 20.5 Å². The zero-order valence-electron chi connectivity index (χ0n) is 15.7. The Morgan fingerprint density at radius 3 is 2.69 bits per heavy atom. The molecule has 2 N–H and O–H groups in total. The summed E-state index contributed by atoms with van der Waals surface area (Å²) < 4.78 is 11.2. The normalized spacial score (nSPS) is 10.9. The molecule has 0 atom stereocenters. The number of aryl methyl sites for hydroxylation is 1. The van der Waals surface area contributed by atoms with E-state index in [1.54, 1.807) is 44.5 Å². The van der Waals surface area contributed by atoms with E-state index in [0.717, 1.165) is 11.1 Å². The van der Waals surface area contributed by atoms with Gasteiger partial charge >= 0.3 is 0 Å². The van der Waals surface area contributed by atoms with Crippen molar-refractivity contribution in [3.8, 4) is 11.5 Å². The summed E-state index contributed by atoms with van der Waals surface area (Å²) in [5, 5.41) is 5.05. The second-order valence-electron chi connectivity index (χ2n) is 6.05. The van der Waals surface area contributed by atoms with E-state index < -0.39 is 0 Å². The number of ether oxygens (including phenoxy) is 2. The summed E-state index contributed by atoms with van der Waals surface area (Å²) in [6, 6.07) is 12.1. The van der Waals surface area contributed by atoms with Crippen LogP contribution in [0, 0.1) is 6.92 Å². The van der Waals surface area contributed by atoms with Crippen LogP contribution in [0.4, 0.5) is 5.95 Å². The molecular formula is C20H18Cl2N4O3. The van der Waals surface area contributed by atoms with E-state index in [1.165, 1.54) is 6.07 Å². The number of H-pyrrole nitrogens is 1. The van der Waals surface area contributed by atoms with Gasteiger partial charge in [-0.1, -0.05) is 29.3 Å². The van der Waals surface area contributed by atoms with Crippen LogP contribution in [-0.4, -0.2) is 23.3 Å². The molecule has 2 aromatic carbocycles. The lowest BCUT2D eigenvalue weighted by Crippen LogP contribution is -2.10. The standard InChI is InChI=1S/C20H18Cl2N4O3/c1-12-7-19(27)25-20(24-12)26-23-10-13-4-6-17(18(9-13)28-2)29-11-14-3-5-15(21)16(22)8-14/h3-10H,11H2,1-2H3,(H2,24,25,26,27)/b23-10+. The summed E-state index contributed by atoms with van der Waals surface area (Å²) in [5.41, 5.74) is 4.69. The van der Waals surface area contributed by atoms with Crippen molar-refractivity contribution in [2.24, 2.45) is 5.10 Å². The summed E-state index contributed by atoms with van der Waals surface area (Å²) in [5.74, 6) is 1.39. The molecule has 29 heavy (non-hydrogen) atoms. The Labute approximate surface area is 177 Å². The molecule has 7 nitrogen and oxygen atoms in total. The van der Waals surface area contributed by atoms with Crippen LogP contribution in [0.3, 0.4) is 0 Å². The monoisotopic (exact) mass is 432 g/mol. The number of nitrogens with one attached hydrogen (secondary N) is 2. The molecule has 0 fully saturated rings. The van der Waals surface area contributed by atoms with Crippen LogP contribution in [-0.2, 0) is 6.61 Å². The number of nitrogens with zero attached hydrogens (tertiary/aromatic N) is 2. The van der Waals surface area contributed by atoms with Crippen LogP contribution in [0.15, 0.2) is 52.4 Å². The Hall–Kier alpha value is -3.03. The lowest BCUT2D eigenvalue weighted by molar-refractivity contribution is 0.284. The number of hydrogen-bond acceptors (Lipinski definition) is 6. The van der Waals surface area contributed by atoms with E-state index in [4.69, 9.17) is 32.7 Å². The lowest BCUT2D eigenvalue weighted by atomic mass is 10.2. The van der Waals surface area contributed by atoms with Crippen LogP contribution in [0.5, 0.6) is 11.5 Å². The van der Waals surface area contributed by atoms with E-state index in [9.17, 15) is 4.79 Å². The number of aromatic nitrogens is 2. The maximum Gasteiger partial charge on any atom is 0.252 e. The van der Waals surface area contributed by atoms with Gasteiger partial charge in [-0.05, 0) is 48.4 Å². The summed E-state index contributed by atoms with van der Waals surface area (Å²) in [7, 11) is 1.56. The number of hydrazone groups is 1. The van der Waals surface area contributed by atoms with Crippen molar-refractivity contribution >= 4 is 35.4 Å². The smallest absolute Gasteiger partial charge is 0.252 e. The Balaban J connectivity index is 1.67. The minimum atomic E-state index is -0.250. The number of anilines is 1. The first-order valence-corrected chi connectivity index (χ1v) is 9.32. The Morgan fingerprint density at radius 2 is 1.97 bits per heavy atom. The van der Waals surface area contributed by atoms with Crippen LogP contribution >= 0.6 is 23.2 Å². The number of rotatable bonds is 7. The van der Waals surface area contributed by atoms with Gasteiger partial charge in [-0.25, -0.2) is 10.4 Å². The molecule has 0 aliphatic carbocycles. The SMILES string of the molecule is COc1cc(/C=N/Nc2nc(C)cc(=O)[nH]2)ccc1OCc1ccc(Cl)c(Cl)c1. The number of halogens is 2. The molecule has 0 spiro atoms. The van der Waals surface area contributed by atoms with Gasteiger partial charge in [0.25, 0.3) is 5.56 Å². The zero-order chi connectivity index (χ0) is 20.8. The summed E-state index contributed by atoms with van der Waals surface area (Å²) in [6.07, 6.45) is 1.58. The third kappa shape index (κ3) is 5.73. The molecule has 1 heterocycles. The molecular weight excluding hydrogens is 415 g/mol. The molecule has 3 aromatic rings. The molecule has 0 radical (unpaired) electrons. The number of benzene rings is 2. The second kappa shape index (κ2) is 9.45. The van der Waals surface area contributed by atoms with E-state index in [1.807, 2.05) is 12.1 Å². The van der Waals surface area contributed by atoms with E-state index >= 15 is 0 Å². The fraction of sp³-hybridized carbons (Fsp3) is 0.150. The largest absolute Gasteiger partial charge is 0.493 e. The maximum atomic E-state index is 11.4. The molecule has 1 aromatic heterocycles. The highest BCUT2D eigenvalue weighted by atomic mass is 35.5. The molecule has 150 valence electrons. The molecule has 0 saturated heterocycles. The van der Waals surface area contributed by atoms with Crippen LogP contribution in [0.25, 0.3) is 0 Å². The first kappa shape index (κ1) is 20.7. The third-order valence-corrected chi connectivity index (χ3v) is 4.56. The number of aromatic amines is 1. The summed E-state index contributed by atoms with van der Waals surface area (Å²) in [6.45, 7) is 2.04. The van der Waals surface area contributed by atoms with Crippen molar-refractivity contribution in [3.05, 3.63) is 79.7 Å². The van der Waals surface area contributed by atoms with Gasteiger partial charge in [0.05, 0.1) is 23.4 Å². The van der Waals surface area contributed by atoms with Gasteiger partial charge in [0.1, 0.15) is 6.61 Å². The molecule has 0 bridgehead atoms. The van der Waals surface area contributed by atoms with Gasteiger partial charge in [0, 0.05) is 11.8 Å². The first-order chi connectivity index (χ1) is 13.9. The van der Waals surface area contributed by atoms with Crippen LogP contribution < -0.4 is 20.5 Å². The molecule has 0 amide bonds. The average Bonchev–Trinajstić information content (AvgIpc) is 2.68. The van der Waals surface area contributed by atoms with E-state index in [0.29, 0.717) is 33.8 Å². The van der Waals surface area contributed by atoms with Crippen molar-refractivity contribution in [1.82, 2.24) is 9.97 Å².